The molecule has 4 saturated carbocycles. The topological polar surface area (TPSA) is 46.6 Å². The van der Waals surface area contributed by atoms with E-state index >= 15 is 0 Å². The zero-order valence-corrected chi connectivity index (χ0v) is 16.5. The van der Waals surface area contributed by atoms with Crippen molar-refractivity contribution < 1.29 is 14.3 Å². The molecule has 6 rings (SSSR count). The number of benzene rings is 1. The Morgan fingerprint density at radius 2 is 1.89 bits per heavy atom. The summed E-state index contributed by atoms with van der Waals surface area (Å²) in [7, 11) is 0. The van der Waals surface area contributed by atoms with Gasteiger partial charge in [0.2, 0.25) is 0 Å². The summed E-state index contributed by atoms with van der Waals surface area (Å²) in [5, 5.41) is 0. The lowest BCUT2D eigenvalue weighted by molar-refractivity contribution is -0.176. The number of alkyl halides is 1. The molecule has 1 aliphatic heterocycles. The Balaban J connectivity index is 1.31. The number of carbonyl (C=O) groups excluding carboxylic acids is 2. The van der Waals surface area contributed by atoms with Gasteiger partial charge in [-0.05, 0) is 75.3 Å². The van der Waals surface area contributed by atoms with E-state index in [4.69, 9.17) is 16.3 Å². The van der Waals surface area contributed by atoms with Crippen LogP contribution in [0.5, 0.6) is 0 Å². The Hall–Kier alpha value is -1.55. The fourth-order valence-corrected chi connectivity index (χ4v) is 7.20. The van der Waals surface area contributed by atoms with E-state index in [-0.39, 0.29) is 16.8 Å². The Kier molecular flexibility index (Phi) is 3.88. The van der Waals surface area contributed by atoms with Gasteiger partial charge in [0.1, 0.15) is 0 Å². The molecule has 4 bridgehead atoms. The number of para-hydroxylation sites is 1. The van der Waals surface area contributed by atoms with Crippen LogP contribution in [0.1, 0.15) is 51.0 Å². The Bertz CT molecular complexity index is 793. The van der Waals surface area contributed by atoms with Crippen molar-refractivity contribution in [3.63, 3.8) is 0 Å². The van der Waals surface area contributed by atoms with E-state index in [0.717, 1.165) is 37.8 Å². The predicted octanol–water partition coefficient (Wildman–Crippen LogP) is 4.09. The maximum absolute atomic E-state index is 13.2. The van der Waals surface area contributed by atoms with Crippen LogP contribution in [0.2, 0.25) is 0 Å². The number of halogens is 1. The highest BCUT2D eigenvalue weighted by molar-refractivity contribution is 6.24. The third-order valence-corrected chi connectivity index (χ3v) is 7.65. The highest BCUT2D eigenvalue weighted by atomic mass is 35.5. The summed E-state index contributed by atoms with van der Waals surface area (Å²) in [6.07, 6.45) is 5.81. The maximum Gasteiger partial charge on any atom is 0.312 e. The van der Waals surface area contributed by atoms with Crippen LogP contribution in [0, 0.1) is 17.3 Å². The summed E-state index contributed by atoms with van der Waals surface area (Å²) >= 11 is 6.84. The average Bonchev–Trinajstić information content (AvgIpc) is 3.03. The van der Waals surface area contributed by atoms with Crippen molar-refractivity contribution in [2.75, 3.05) is 11.4 Å². The first kappa shape index (κ1) is 17.5. The van der Waals surface area contributed by atoms with Crippen molar-refractivity contribution in [2.24, 2.45) is 17.3 Å². The zero-order chi connectivity index (χ0) is 18.8. The van der Waals surface area contributed by atoms with Gasteiger partial charge in [0, 0.05) is 17.1 Å². The third kappa shape index (κ3) is 2.79. The molecule has 4 fully saturated rings. The number of amides is 1. The number of hydrogen-bond acceptors (Lipinski definition) is 3. The molecule has 1 aromatic rings. The molecule has 0 aromatic heterocycles. The second kappa shape index (κ2) is 5.97. The van der Waals surface area contributed by atoms with E-state index in [1.165, 1.54) is 12.0 Å². The molecule has 0 saturated heterocycles. The van der Waals surface area contributed by atoms with E-state index in [0.29, 0.717) is 24.8 Å². The molecule has 0 spiro atoms. The van der Waals surface area contributed by atoms with E-state index < -0.39 is 11.5 Å². The SMILES string of the molecule is C[C@H](OC(=O)C12C[C@@H]3C[C@@H](CC(Cl)(C3)C1)C2)C(=O)N1CCc2ccccc21. The number of carbonyl (C=O) groups is 2. The molecule has 5 atom stereocenters. The standard InChI is InChI=1S/C22H26ClNO3/c1-14(19(25)24-7-6-17-4-2-3-5-18(17)24)27-20(26)21-9-15-8-16(10-21)12-22(23,11-15)13-21/h2-5,14-16H,6-13H2,1H3/t14-,15-,16+,21?,22?/m0/s1. The van der Waals surface area contributed by atoms with E-state index in [9.17, 15) is 9.59 Å². The van der Waals surface area contributed by atoms with Crippen molar-refractivity contribution in [1.29, 1.82) is 0 Å². The zero-order valence-electron chi connectivity index (χ0n) is 15.7. The van der Waals surface area contributed by atoms with Gasteiger partial charge >= 0.3 is 5.97 Å². The number of nitrogens with zero attached hydrogens (tertiary/aromatic N) is 1. The number of hydrogen-bond donors (Lipinski definition) is 0. The molecule has 0 radical (unpaired) electrons. The first-order chi connectivity index (χ1) is 12.9. The molecule has 1 heterocycles. The largest absolute Gasteiger partial charge is 0.452 e. The van der Waals surface area contributed by atoms with Crippen molar-refractivity contribution in [1.82, 2.24) is 0 Å². The normalized spacial score (nSPS) is 37.2. The first-order valence-electron chi connectivity index (χ1n) is 10.2. The molecular formula is C22H26ClNO3. The van der Waals surface area contributed by atoms with Gasteiger partial charge in [0.05, 0.1) is 5.41 Å². The Labute approximate surface area is 165 Å². The molecule has 5 heteroatoms. The summed E-state index contributed by atoms with van der Waals surface area (Å²) in [5.41, 5.74) is 1.65. The molecule has 5 aliphatic rings. The molecule has 4 nitrogen and oxygen atoms in total. The van der Waals surface area contributed by atoms with Crippen LogP contribution in [-0.4, -0.2) is 29.4 Å². The summed E-state index contributed by atoms with van der Waals surface area (Å²) in [4.78, 5) is 27.6. The van der Waals surface area contributed by atoms with Gasteiger partial charge in [-0.25, -0.2) is 0 Å². The van der Waals surface area contributed by atoms with Gasteiger partial charge in [0.15, 0.2) is 6.10 Å². The average molecular weight is 388 g/mol. The van der Waals surface area contributed by atoms with E-state index in [1.54, 1.807) is 11.8 Å². The van der Waals surface area contributed by atoms with E-state index in [2.05, 4.69) is 6.07 Å². The van der Waals surface area contributed by atoms with E-state index in [1.807, 2.05) is 18.2 Å². The summed E-state index contributed by atoms with van der Waals surface area (Å²) in [6.45, 7) is 2.36. The number of ether oxygens (including phenoxy) is 1. The number of rotatable bonds is 3. The van der Waals surface area contributed by atoms with Crippen LogP contribution in [0.25, 0.3) is 0 Å². The fraction of sp³-hybridized carbons (Fsp3) is 0.636. The van der Waals surface area contributed by atoms with Gasteiger partial charge in [-0.3, -0.25) is 9.59 Å². The van der Waals surface area contributed by atoms with Crippen LogP contribution >= 0.6 is 11.6 Å². The van der Waals surface area contributed by atoms with Crippen LogP contribution in [-0.2, 0) is 20.7 Å². The quantitative estimate of drug-likeness (QED) is 0.579. The van der Waals surface area contributed by atoms with Crippen molar-refractivity contribution in [3.8, 4) is 0 Å². The number of anilines is 1. The maximum atomic E-state index is 13.2. The van der Waals surface area contributed by atoms with Crippen LogP contribution in [0.15, 0.2) is 24.3 Å². The predicted molar refractivity (Wildman–Crippen MR) is 104 cm³/mol. The van der Waals surface area contributed by atoms with Gasteiger partial charge in [-0.2, -0.15) is 0 Å². The second-order valence-corrected chi connectivity index (χ2v) is 10.1. The van der Waals surface area contributed by atoms with Crippen LogP contribution in [0.3, 0.4) is 0 Å². The minimum atomic E-state index is -0.761. The van der Waals surface area contributed by atoms with Crippen LogP contribution in [0.4, 0.5) is 5.69 Å². The van der Waals surface area contributed by atoms with Crippen molar-refractivity contribution in [3.05, 3.63) is 29.8 Å². The molecule has 27 heavy (non-hydrogen) atoms. The Morgan fingerprint density at radius 3 is 2.59 bits per heavy atom. The second-order valence-electron chi connectivity index (χ2n) is 9.31. The molecule has 144 valence electrons. The highest BCUT2D eigenvalue weighted by Crippen LogP contribution is 2.64. The summed E-state index contributed by atoms with van der Waals surface area (Å²) in [5.74, 6) is 0.745. The van der Waals surface area contributed by atoms with Crippen molar-refractivity contribution >= 4 is 29.2 Å². The number of fused-ring (bicyclic) bond motifs is 1. The highest BCUT2D eigenvalue weighted by Gasteiger charge is 2.61. The molecule has 2 unspecified atom stereocenters. The monoisotopic (exact) mass is 387 g/mol. The smallest absolute Gasteiger partial charge is 0.312 e. The minimum absolute atomic E-state index is 0.126. The Morgan fingerprint density at radius 1 is 1.19 bits per heavy atom. The van der Waals surface area contributed by atoms with Gasteiger partial charge in [-0.1, -0.05) is 18.2 Å². The minimum Gasteiger partial charge on any atom is -0.452 e. The fourth-order valence-electron chi connectivity index (χ4n) is 6.51. The van der Waals surface area contributed by atoms with Gasteiger partial charge in [-0.15, -0.1) is 11.6 Å². The lowest BCUT2D eigenvalue weighted by Gasteiger charge is -2.58. The summed E-state index contributed by atoms with van der Waals surface area (Å²) < 4.78 is 5.78. The lowest BCUT2D eigenvalue weighted by Crippen LogP contribution is -2.57. The third-order valence-electron chi connectivity index (χ3n) is 7.21. The van der Waals surface area contributed by atoms with Gasteiger partial charge < -0.3 is 9.64 Å². The molecule has 4 aliphatic carbocycles. The van der Waals surface area contributed by atoms with Crippen molar-refractivity contribution in [2.45, 2.75) is 62.8 Å². The first-order valence-corrected chi connectivity index (χ1v) is 10.5. The summed E-state index contributed by atoms with van der Waals surface area (Å²) in [6, 6.07) is 7.95. The van der Waals surface area contributed by atoms with Gasteiger partial charge in [0.25, 0.3) is 5.91 Å². The van der Waals surface area contributed by atoms with Crippen LogP contribution < -0.4 is 4.90 Å². The lowest BCUT2D eigenvalue weighted by atomic mass is 9.49. The number of esters is 1. The molecule has 1 aromatic carbocycles. The molecular weight excluding hydrogens is 362 g/mol. The molecule has 0 N–H and O–H groups in total. The molecule has 1 amide bonds.